The molecule has 1 aromatic carbocycles. The van der Waals surface area contributed by atoms with Crippen LogP contribution in [0.4, 0.5) is 0 Å². The highest BCUT2D eigenvalue weighted by Crippen LogP contribution is 2.40. The Kier molecular flexibility index (Phi) is 5.55. The quantitative estimate of drug-likeness (QED) is 0.833. The Hall–Kier alpha value is -1.18. The molecule has 1 aromatic heterocycles. The fourth-order valence-electron chi connectivity index (χ4n) is 2.07. The first-order chi connectivity index (χ1) is 10.1. The lowest BCUT2D eigenvalue weighted by atomic mass is 10.0. The molecule has 21 heavy (non-hydrogen) atoms. The van der Waals surface area contributed by atoms with Crippen LogP contribution < -0.4 is 0 Å². The van der Waals surface area contributed by atoms with E-state index in [-0.39, 0.29) is 5.25 Å². The summed E-state index contributed by atoms with van der Waals surface area (Å²) in [4.78, 5) is 4.39. The Morgan fingerprint density at radius 1 is 1.29 bits per heavy atom. The maximum atomic E-state index is 9.98. The topological polar surface area (TPSA) is 33.1 Å². The number of halogens is 2. The van der Waals surface area contributed by atoms with Gasteiger partial charge in [-0.3, -0.25) is 4.98 Å². The molecule has 0 amide bonds. The number of thioether (sulfide) groups is 1. The number of aliphatic hydroxyl groups is 1. The van der Waals surface area contributed by atoms with Crippen molar-refractivity contribution in [3.8, 4) is 12.3 Å². The smallest absolute Gasteiger partial charge is 0.141 e. The van der Waals surface area contributed by atoms with E-state index in [4.69, 9.17) is 29.6 Å². The summed E-state index contributed by atoms with van der Waals surface area (Å²) in [5.41, 5.74) is 2.21. The Morgan fingerprint density at radius 3 is 2.67 bits per heavy atom. The summed E-state index contributed by atoms with van der Waals surface area (Å²) in [5, 5.41) is 11.0. The molecule has 2 atom stereocenters. The van der Waals surface area contributed by atoms with Crippen LogP contribution in [0.5, 0.6) is 0 Å². The molecule has 0 aliphatic rings. The summed E-state index contributed by atoms with van der Waals surface area (Å²) in [6, 6.07) is 8.88. The lowest BCUT2D eigenvalue weighted by Gasteiger charge is -2.20. The predicted octanol–water partition coefficient (Wildman–Crippen LogP) is 4.51. The average Bonchev–Trinajstić information content (AvgIpc) is 2.49. The molecule has 108 valence electrons. The van der Waals surface area contributed by atoms with Gasteiger partial charge in [-0.2, -0.15) is 11.8 Å². The number of terminal acetylenes is 1. The van der Waals surface area contributed by atoms with Crippen molar-refractivity contribution in [3.05, 3.63) is 63.4 Å². The number of rotatable bonds is 4. The second kappa shape index (κ2) is 7.20. The number of aliphatic hydroxyl groups excluding tert-OH is 1. The van der Waals surface area contributed by atoms with Gasteiger partial charge in [0, 0.05) is 21.8 Å². The molecule has 2 unspecified atom stereocenters. The minimum Gasteiger partial charge on any atom is -0.376 e. The van der Waals surface area contributed by atoms with Gasteiger partial charge in [-0.1, -0.05) is 41.3 Å². The van der Waals surface area contributed by atoms with E-state index >= 15 is 0 Å². The first-order valence-electron chi connectivity index (χ1n) is 6.15. The van der Waals surface area contributed by atoms with E-state index in [1.54, 1.807) is 42.2 Å². The number of pyridine rings is 1. The van der Waals surface area contributed by atoms with Gasteiger partial charge < -0.3 is 5.11 Å². The highest BCUT2D eigenvalue weighted by Gasteiger charge is 2.22. The van der Waals surface area contributed by atoms with Gasteiger partial charge >= 0.3 is 0 Å². The molecular formula is C16H13Cl2NOS. The van der Waals surface area contributed by atoms with Crippen molar-refractivity contribution < 1.29 is 5.11 Å². The summed E-state index contributed by atoms with van der Waals surface area (Å²) in [6.45, 7) is 0. The molecule has 1 heterocycles. The molecular weight excluding hydrogens is 325 g/mol. The largest absolute Gasteiger partial charge is 0.376 e. The molecule has 2 rings (SSSR count). The molecule has 5 heteroatoms. The molecule has 2 nitrogen and oxygen atoms in total. The van der Waals surface area contributed by atoms with E-state index < -0.39 is 6.10 Å². The number of benzene rings is 1. The van der Waals surface area contributed by atoms with Crippen molar-refractivity contribution in [2.45, 2.75) is 11.4 Å². The number of hydrogen-bond donors (Lipinski definition) is 1. The molecule has 1 N–H and O–H groups in total. The Morgan fingerprint density at radius 2 is 2.05 bits per heavy atom. The Balaban J connectivity index is 2.55. The molecule has 0 bridgehead atoms. The van der Waals surface area contributed by atoms with Crippen molar-refractivity contribution in [3.63, 3.8) is 0 Å². The van der Waals surface area contributed by atoms with Gasteiger partial charge in [-0.15, -0.1) is 6.42 Å². The molecule has 0 aliphatic carbocycles. The SMILES string of the molecule is C#CC(O)c1cccnc1C(SC)c1ccc(Cl)cc1Cl. The van der Waals surface area contributed by atoms with Crippen LogP contribution in [-0.4, -0.2) is 16.3 Å². The normalized spacial score (nSPS) is 13.5. The van der Waals surface area contributed by atoms with Crippen LogP contribution in [0.3, 0.4) is 0 Å². The van der Waals surface area contributed by atoms with Crippen LogP contribution in [0, 0.1) is 12.3 Å². The van der Waals surface area contributed by atoms with Gasteiger partial charge in [0.1, 0.15) is 6.10 Å². The zero-order chi connectivity index (χ0) is 15.4. The van der Waals surface area contributed by atoms with Gasteiger partial charge in [0.2, 0.25) is 0 Å². The van der Waals surface area contributed by atoms with E-state index in [1.807, 2.05) is 12.3 Å². The standard InChI is InChI=1S/C16H13Cl2NOS/c1-3-14(20)12-5-4-8-19-15(12)16(21-2)11-7-6-10(17)9-13(11)18/h1,4-9,14,16,20H,2H3. The third-order valence-corrected chi connectivity index (χ3v) is 4.56. The zero-order valence-corrected chi connectivity index (χ0v) is 13.6. The predicted molar refractivity (Wildman–Crippen MR) is 89.8 cm³/mol. The molecule has 0 saturated heterocycles. The van der Waals surface area contributed by atoms with Crippen molar-refractivity contribution in [2.75, 3.05) is 6.26 Å². The maximum Gasteiger partial charge on any atom is 0.141 e. The summed E-state index contributed by atoms with van der Waals surface area (Å²) in [7, 11) is 0. The molecule has 0 radical (unpaired) electrons. The van der Waals surface area contributed by atoms with E-state index in [1.165, 1.54) is 0 Å². The van der Waals surface area contributed by atoms with E-state index in [0.717, 1.165) is 5.56 Å². The summed E-state index contributed by atoms with van der Waals surface area (Å²) >= 11 is 13.8. The first kappa shape index (κ1) is 16.2. The maximum absolute atomic E-state index is 9.98. The summed E-state index contributed by atoms with van der Waals surface area (Å²) in [6.07, 6.45) is 7.96. The minimum atomic E-state index is -0.991. The van der Waals surface area contributed by atoms with Gasteiger partial charge in [0.25, 0.3) is 0 Å². The average molecular weight is 338 g/mol. The van der Waals surface area contributed by atoms with Crippen molar-refractivity contribution >= 4 is 35.0 Å². The van der Waals surface area contributed by atoms with Crippen LogP contribution in [-0.2, 0) is 0 Å². The minimum absolute atomic E-state index is 0.131. The fourth-order valence-corrected chi connectivity index (χ4v) is 3.53. The van der Waals surface area contributed by atoms with Crippen molar-refractivity contribution in [2.24, 2.45) is 0 Å². The Labute approximate surface area is 138 Å². The zero-order valence-electron chi connectivity index (χ0n) is 11.3. The third-order valence-electron chi connectivity index (χ3n) is 3.05. The molecule has 0 saturated carbocycles. The van der Waals surface area contributed by atoms with Crippen LogP contribution in [0.1, 0.15) is 28.2 Å². The second-order valence-corrected chi connectivity index (χ2v) is 6.12. The van der Waals surface area contributed by atoms with Gasteiger partial charge in [0.05, 0.1) is 10.9 Å². The summed E-state index contributed by atoms with van der Waals surface area (Å²) in [5.74, 6) is 2.33. The van der Waals surface area contributed by atoms with E-state index in [2.05, 4.69) is 10.9 Å². The van der Waals surface area contributed by atoms with Crippen LogP contribution >= 0.6 is 35.0 Å². The third kappa shape index (κ3) is 3.53. The molecule has 0 fully saturated rings. The number of aromatic nitrogens is 1. The molecule has 0 aliphatic heterocycles. The number of nitrogens with zero attached hydrogens (tertiary/aromatic N) is 1. The van der Waals surface area contributed by atoms with Crippen LogP contribution in [0.2, 0.25) is 10.0 Å². The monoisotopic (exact) mass is 337 g/mol. The Bertz CT molecular complexity index is 684. The van der Waals surface area contributed by atoms with E-state index in [0.29, 0.717) is 21.3 Å². The second-order valence-electron chi connectivity index (χ2n) is 4.33. The van der Waals surface area contributed by atoms with Gasteiger partial charge in [0.15, 0.2) is 0 Å². The highest BCUT2D eigenvalue weighted by molar-refractivity contribution is 7.99. The van der Waals surface area contributed by atoms with Crippen molar-refractivity contribution in [1.82, 2.24) is 4.98 Å². The van der Waals surface area contributed by atoms with Crippen LogP contribution in [0.15, 0.2) is 36.5 Å². The van der Waals surface area contributed by atoms with Gasteiger partial charge in [-0.25, -0.2) is 0 Å². The van der Waals surface area contributed by atoms with Crippen LogP contribution in [0.25, 0.3) is 0 Å². The molecule has 2 aromatic rings. The number of hydrogen-bond acceptors (Lipinski definition) is 3. The lowest BCUT2D eigenvalue weighted by molar-refractivity contribution is 0.237. The fraction of sp³-hybridized carbons (Fsp3) is 0.188. The van der Waals surface area contributed by atoms with E-state index in [9.17, 15) is 5.11 Å². The highest BCUT2D eigenvalue weighted by atomic mass is 35.5. The lowest BCUT2D eigenvalue weighted by Crippen LogP contribution is -2.07. The molecule has 0 spiro atoms. The van der Waals surface area contributed by atoms with Crippen molar-refractivity contribution in [1.29, 1.82) is 0 Å². The summed E-state index contributed by atoms with van der Waals surface area (Å²) < 4.78 is 0. The van der Waals surface area contributed by atoms with Gasteiger partial charge in [-0.05, 0) is 30.0 Å². The first-order valence-corrected chi connectivity index (χ1v) is 8.19.